The molecule has 2 aromatic rings. The Morgan fingerprint density at radius 2 is 2.21 bits per heavy atom. The molecule has 1 heterocycles. The first-order chi connectivity index (χ1) is 9.24. The Labute approximate surface area is 113 Å². The summed E-state index contributed by atoms with van der Waals surface area (Å²) in [7, 11) is 0. The second kappa shape index (κ2) is 5.02. The summed E-state index contributed by atoms with van der Waals surface area (Å²) in [6, 6.07) is 10.3. The van der Waals surface area contributed by atoms with Crippen molar-refractivity contribution in [2.45, 2.75) is 32.4 Å². The van der Waals surface area contributed by atoms with E-state index >= 15 is 0 Å². The first kappa shape index (κ1) is 12.2. The van der Waals surface area contributed by atoms with Gasteiger partial charge in [0, 0.05) is 24.5 Å². The number of nitrogens with zero attached hydrogens (tertiary/aromatic N) is 1. The molecule has 0 amide bonds. The van der Waals surface area contributed by atoms with E-state index in [0.29, 0.717) is 11.8 Å². The van der Waals surface area contributed by atoms with E-state index in [0.717, 1.165) is 30.6 Å². The summed E-state index contributed by atoms with van der Waals surface area (Å²) >= 11 is 0. The molecule has 0 radical (unpaired) electrons. The van der Waals surface area contributed by atoms with Crippen LogP contribution in [0, 0.1) is 6.92 Å². The van der Waals surface area contributed by atoms with E-state index in [-0.39, 0.29) is 0 Å². The van der Waals surface area contributed by atoms with Gasteiger partial charge in [-0.1, -0.05) is 18.2 Å². The second-order valence-electron chi connectivity index (χ2n) is 5.12. The van der Waals surface area contributed by atoms with Crippen molar-refractivity contribution in [3.8, 4) is 5.75 Å². The average molecular weight is 254 g/mol. The molecule has 0 saturated heterocycles. The molecule has 0 saturated carbocycles. The van der Waals surface area contributed by atoms with Crippen LogP contribution in [-0.2, 0) is 13.0 Å². The Kier molecular flexibility index (Phi) is 3.22. The Morgan fingerprint density at radius 1 is 1.32 bits per heavy atom. The van der Waals surface area contributed by atoms with Crippen molar-refractivity contribution in [3.05, 3.63) is 58.9 Å². The molecule has 1 atom stereocenters. The van der Waals surface area contributed by atoms with Gasteiger partial charge in [0.25, 0.3) is 0 Å². The molecule has 98 valence electrons. The van der Waals surface area contributed by atoms with Crippen molar-refractivity contribution in [2.75, 3.05) is 0 Å². The van der Waals surface area contributed by atoms with Gasteiger partial charge in [-0.3, -0.25) is 4.98 Å². The van der Waals surface area contributed by atoms with Crippen LogP contribution in [0.5, 0.6) is 5.75 Å². The Bertz CT molecular complexity index is 578. The molecule has 0 spiro atoms. The van der Waals surface area contributed by atoms with E-state index in [1.165, 1.54) is 11.1 Å². The molecule has 0 aliphatic heterocycles. The fraction of sp³-hybridized carbons (Fsp3) is 0.312. The van der Waals surface area contributed by atoms with Crippen molar-refractivity contribution < 1.29 is 5.11 Å². The number of rotatable bonds is 3. The highest BCUT2D eigenvalue weighted by Gasteiger charge is 2.23. The zero-order chi connectivity index (χ0) is 13.2. The summed E-state index contributed by atoms with van der Waals surface area (Å²) in [6.07, 6.45) is 3.92. The van der Waals surface area contributed by atoms with E-state index in [1.54, 1.807) is 6.07 Å². The maximum absolute atomic E-state index is 9.83. The maximum atomic E-state index is 9.83. The van der Waals surface area contributed by atoms with E-state index in [2.05, 4.69) is 22.4 Å². The molecular formula is C16H18N2O. The minimum absolute atomic E-state index is 0.336. The van der Waals surface area contributed by atoms with Crippen molar-refractivity contribution in [3.63, 3.8) is 0 Å². The van der Waals surface area contributed by atoms with Crippen LogP contribution in [-0.4, -0.2) is 10.1 Å². The molecule has 2 N–H and O–H groups in total. The lowest BCUT2D eigenvalue weighted by Gasteiger charge is -2.14. The summed E-state index contributed by atoms with van der Waals surface area (Å²) in [5.41, 5.74) is 4.57. The number of benzene rings is 1. The van der Waals surface area contributed by atoms with Crippen LogP contribution in [0.4, 0.5) is 0 Å². The monoisotopic (exact) mass is 254 g/mol. The van der Waals surface area contributed by atoms with Crippen LogP contribution >= 0.6 is 0 Å². The van der Waals surface area contributed by atoms with Gasteiger partial charge in [-0.05, 0) is 48.6 Å². The molecule has 1 aromatic carbocycles. The van der Waals surface area contributed by atoms with Crippen LogP contribution in [0.1, 0.15) is 34.8 Å². The van der Waals surface area contributed by atoms with Gasteiger partial charge in [-0.2, -0.15) is 0 Å². The summed E-state index contributed by atoms with van der Waals surface area (Å²) in [6.45, 7) is 2.81. The van der Waals surface area contributed by atoms with Crippen LogP contribution < -0.4 is 5.32 Å². The smallest absolute Gasteiger partial charge is 0.119 e. The second-order valence-corrected chi connectivity index (χ2v) is 5.12. The molecule has 19 heavy (non-hydrogen) atoms. The van der Waals surface area contributed by atoms with Gasteiger partial charge in [0.1, 0.15) is 5.75 Å². The van der Waals surface area contributed by atoms with Crippen LogP contribution in [0.2, 0.25) is 0 Å². The molecule has 3 heteroatoms. The van der Waals surface area contributed by atoms with Gasteiger partial charge in [-0.25, -0.2) is 0 Å². The fourth-order valence-corrected chi connectivity index (χ4v) is 2.69. The predicted octanol–water partition coefficient (Wildman–Crippen LogP) is 2.87. The summed E-state index contributed by atoms with van der Waals surface area (Å²) < 4.78 is 0. The molecule has 1 aliphatic carbocycles. The number of fused-ring (bicyclic) bond motifs is 1. The van der Waals surface area contributed by atoms with Gasteiger partial charge in [0.05, 0.1) is 0 Å². The molecule has 3 rings (SSSR count). The number of phenolic OH excluding ortho intramolecular Hbond substituents is 1. The van der Waals surface area contributed by atoms with E-state index in [1.807, 2.05) is 25.3 Å². The van der Waals surface area contributed by atoms with Crippen molar-refractivity contribution >= 4 is 0 Å². The minimum Gasteiger partial charge on any atom is -0.508 e. The highest BCUT2D eigenvalue weighted by atomic mass is 16.3. The van der Waals surface area contributed by atoms with Crippen LogP contribution in [0.15, 0.2) is 36.5 Å². The van der Waals surface area contributed by atoms with Crippen molar-refractivity contribution in [2.24, 2.45) is 0 Å². The number of aromatic hydroxyl groups is 1. The predicted molar refractivity (Wildman–Crippen MR) is 75.0 cm³/mol. The van der Waals surface area contributed by atoms with Crippen molar-refractivity contribution in [1.82, 2.24) is 10.3 Å². The summed E-state index contributed by atoms with van der Waals surface area (Å²) in [5.74, 6) is 0.429. The first-order valence-corrected chi connectivity index (χ1v) is 6.70. The minimum atomic E-state index is 0.336. The molecule has 1 aliphatic rings. The van der Waals surface area contributed by atoms with Gasteiger partial charge < -0.3 is 10.4 Å². The third-order valence-electron chi connectivity index (χ3n) is 3.77. The standard InChI is InChI=1S/C16H18N2O/c1-11-5-6-12(9-17-11)10-18-15-8-7-14-13(15)3-2-4-16(14)19/h2-6,9,15,18-19H,7-8,10H2,1H3. The molecule has 1 unspecified atom stereocenters. The number of nitrogens with one attached hydrogen (secondary N) is 1. The molecular weight excluding hydrogens is 236 g/mol. The number of aryl methyl sites for hydroxylation is 1. The number of aromatic nitrogens is 1. The van der Waals surface area contributed by atoms with Gasteiger partial charge in [0.15, 0.2) is 0 Å². The average Bonchev–Trinajstić information content (AvgIpc) is 2.83. The van der Waals surface area contributed by atoms with Crippen LogP contribution in [0.3, 0.4) is 0 Å². The molecule has 3 nitrogen and oxygen atoms in total. The van der Waals surface area contributed by atoms with Gasteiger partial charge in [0.2, 0.25) is 0 Å². The quantitative estimate of drug-likeness (QED) is 0.885. The summed E-state index contributed by atoms with van der Waals surface area (Å²) in [4.78, 5) is 4.30. The fourth-order valence-electron chi connectivity index (χ4n) is 2.69. The van der Waals surface area contributed by atoms with Gasteiger partial charge in [-0.15, -0.1) is 0 Å². The van der Waals surface area contributed by atoms with E-state index < -0.39 is 0 Å². The number of hydrogen-bond acceptors (Lipinski definition) is 3. The third-order valence-corrected chi connectivity index (χ3v) is 3.77. The molecule has 0 bridgehead atoms. The third kappa shape index (κ3) is 2.47. The van der Waals surface area contributed by atoms with E-state index in [4.69, 9.17) is 0 Å². The molecule has 0 fully saturated rings. The van der Waals surface area contributed by atoms with Crippen molar-refractivity contribution in [1.29, 1.82) is 0 Å². The lowest BCUT2D eigenvalue weighted by Crippen LogP contribution is -2.18. The maximum Gasteiger partial charge on any atom is 0.119 e. The normalized spacial score (nSPS) is 17.4. The number of hydrogen-bond donors (Lipinski definition) is 2. The van der Waals surface area contributed by atoms with E-state index in [9.17, 15) is 5.11 Å². The molecule has 1 aromatic heterocycles. The Hall–Kier alpha value is -1.87. The lowest BCUT2D eigenvalue weighted by atomic mass is 10.1. The highest BCUT2D eigenvalue weighted by Crippen LogP contribution is 2.36. The number of phenols is 1. The zero-order valence-corrected chi connectivity index (χ0v) is 11.1. The Morgan fingerprint density at radius 3 is 3.00 bits per heavy atom. The largest absolute Gasteiger partial charge is 0.508 e. The van der Waals surface area contributed by atoms with Crippen LogP contribution in [0.25, 0.3) is 0 Å². The highest BCUT2D eigenvalue weighted by molar-refractivity contribution is 5.44. The lowest BCUT2D eigenvalue weighted by molar-refractivity contribution is 0.469. The number of pyridine rings is 1. The SMILES string of the molecule is Cc1ccc(CNC2CCc3c(O)cccc32)cn1. The summed E-state index contributed by atoms with van der Waals surface area (Å²) in [5, 5.41) is 13.4. The zero-order valence-electron chi connectivity index (χ0n) is 11.1. The topological polar surface area (TPSA) is 45.1 Å². The Balaban J connectivity index is 1.70. The van der Waals surface area contributed by atoms with Gasteiger partial charge >= 0.3 is 0 Å². The first-order valence-electron chi connectivity index (χ1n) is 6.70.